The maximum absolute atomic E-state index is 12.6. The molecule has 9 heteroatoms. The first kappa shape index (κ1) is 20.4. The van der Waals surface area contributed by atoms with E-state index in [1.54, 1.807) is 13.2 Å². The van der Waals surface area contributed by atoms with Gasteiger partial charge in [0.25, 0.3) is 5.56 Å². The first-order valence-electron chi connectivity index (χ1n) is 9.78. The van der Waals surface area contributed by atoms with Gasteiger partial charge in [0.2, 0.25) is 5.91 Å². The Morgan fingerprint density at radius 2 is 2.06 bits per heavy atom. The Balaban J connectivity index is 1.77. The summed E-state index contributed by atoms with van der Waals surface area (Å²) in [5.74, 6) is 1.79. The van der Waals surface area contributed by atoms with Crippen LogP contribution in [0.15, 0.2) is 47.3 Å². The van der Waals surface area contributed by atoms with Gasteiger partial charge in [-0.2, -0.15) is 14.9 Å². The number of hydrogen-bond donors (Lipinski definition) is 2. The molecule has 0 spiro atoms. The SMILES string of the molecule is C=C(C)COc1ccc(C2CC(=O)Nc3c2c(C)nn3-c2ccc(=O)[nH]n2)cc1OC. The maximum atomic E-state index is 12.6. The van der Waals surface area contributed by atoms with Gasteiger partial charge in [-0.1, -0.05) is 12.6 Å². The third-order valence-electron chi connectivity index (χ3n) is 5.05. The lowest BCUT2D eigenvalue weighted by Gasteiger charge is -2.25. The zero-order valence-corrected chi connectivity index (χ0v) is 17.6. The summed E-state index contributed by atoms with van der Waals surface area (Å²) in [6, 6.07) is 8.57. The van der Waals surface area contributed by atoms with Crippen molar-refractivity contribution in [2.24, 2.45) is 0 Å². The summed E-state index contributed by atoms with van der Waals surface area (Å²) in [7, 11) is 1.58. The predicted molar refractivity (Wildman–Crippen MR) is 115 cm³/mol. The van der Waals surface area contributed by atoms with E-state index in [1.165, 1.54) is 10.7 Å². The van der Waals surface area contributed by atoms with Crippen LogP contribution in [0.25, 0.3) is 5.82 Å². The van der Waals surface area contributed by atoms with Crippen molar-refractivity contribution in [3.05, 3.63) is 69.7 Å². The normalized spacial score (nSPS) is 15.2. The van der Waals surface area contributed by atoms with Crippen molar-refractivity contribution in [3.63, 3.8) is 0 Å². The van der Waals surface area contributed by atoms with Crippen molar-refractivity contribution in [2.75, 3.05) is 19.0 Å². The molecule has 0 saturated carbocycles. The van der Waals surface area contributed by atoms with Crippen LogP contribution < -0.4 is 20.3 Å². The van der Waals surface area contributed by atoms with Crippen LogP contribution in [0.3, 0.4) is 0 Å². The molecule has 0 radical (unpaired) electrons. The van der Waals surface area contributed by atoms with Crippen LogP contribution in [0.1, 0.15) is 36.1 Å². The minimum Gasteiger partial charge on any atom is -0.493 e. The van der Waals surface area contributed by atoms with Gasteiger partial charge < -0.3 is 14.8 Å². The molecule has 0 saturated heterocycles. The summed E-state index contributed by atoms with van der Waals surface area (Å²) in [4.78, 5) is 23.9. The van der Waals surface area contributed by atoms with Crippen molar-refractivity contribution in [2.45, 2.75) is 26.2 Å². The zero-order chi connectivity index (χ0) is 22.1. The molecule has 31 heavy (non-hydrogen) atoms. The number of nitrogens with one attached hydrogen (secondary N) is 2. The third kappa shape index (κ3) is 3.94. The lowest BCUT2D eigenvalue weighted by atomic mass is 9.85. The fourth-order valence-corrected chi connectivity index (χ4v) is 3.67. The van der Waals surface area contributed by atoms with E-state index in [9.17, 15) is 9.59 Å². The van der Waals surface area contributed by atoms with Crippen LogP contribution in [-0.4, -0.2) is 39.6 Å². The number of anilines is 1. The first-order chi connectivity index (χ1) is 14.9. The van der Waals surface area contributed by atoms with E-state index in [4.69, 9.17) is 9.47 Å². The monoisotopic (exact) mass is 421 g/mol. The number of methoxy groups -OCH3 is 1. The van der Waals surface area contributed by atoms with E-state index in [-0.39, 0.29) is 23.8 Å². The Bertz CT molecular complexity index is 1210. The van der Waals surface area contributed by atoms with E-state index < -0.39 is 0 Å². The second-order valence-corrected chi connectivity index (χ2v) is 7.50. The molecule has 1 atom stereocenters. The number of amides is 1. The van der Waals surface area contributed by atoms with Gasteiger partial charge in [0.15, 0.2) is 17.3 Å². The zero-order valence-electron chi connectivity index (χ0n) is 17.6. The lowest BCUT2D eigenvalue weighted by Crippen LogP contribution is -2.25. The van der Waals surface area contributed by atoms with Gasteiger partial charge >= 0.3 is 0 Å². The summed E-state index contributed by atoms with van der Waals surface area (Å²) in [6.07, 6.45) is 0.272. The van der Waals surface area contributed by atoms with E-state index in [1.807, 2.05) is 32.0 Å². The highest BCUT2D eigenvalue weighted by Crippen LogP contribution is 2.42. The van der Waals surface area contributed by atoms with E-state index in [2.05, 4.69) is 27.2 Å². The van der Waals surface area contributed by atoms with Gasteiger partial charge in [0, 0.05) is 24.0 Å². The number of aryl methyl sites for hydroxylation is 1. The minimum atomic E-state index is -0.315. The second kappa shape index (κ2) is 8.10. The average Bonchev–Trinajstić information content (AvgIpc) is 3.08. The fraction of sp³-hybridized carbons (Fsp3) is 0.273. The topological polar surface area (TPSA) is 111 Å². The van der Waals surface area contributed by atoms with Gasteiger partial charge in [-0.15, -0.1) is 0 Å². The quantitative estimate of drug-likeness (QED) is 0.592. The Hall–Kier alpha value is -3.88. The van der Waals surface area contributed by atoms with Gasteiger partial charge in [-0.3, -0.25) is 9.59 Å². The molecule has 3 heterocycles. The molecular weight excluding hydrogens is 398 g/mol. The number of ether oxygens (including phenoxy) is 2. The lowest BCUT2D eigenvalue weighted by molar-refractivity contribution is -0.116. The molecule has 0 bridgehead atoms. The number of aromatic amines is 1. The average molecular weight is 421 g/mol. The molecule has 2 N–H and O–H groups in total. The van der Waals surface area contributed by atoms with Gasteiger partial charge in [0.1, 0.15) is 12.4 Å². The van der Waals surface area contributed by atoms with Crippen LogP contribution in [-0.2, 0) is 4.79 Å². The van der Waals surface area contributed by atoms with E-state index in [0.29, 0.717) is 29.7 Å². The molecule has 1 aliphatic rings. The Morgan fingerprint density at radius 1 is 1.26 bits per heavy atom. The number of H-pyrrole nitrogens is 1. The summed E-state index contributed by atoms with van der Waals surface area (Å²) < 4.78 is 12.8. The largest absolute Gasteiger partial charge is 0.493 e. The second-order valence-electron chi connectivity index (χ2n) is 7.50. The highest BCUT2D eigenvalue weighted by molar-refractivity contribution is 5.95. The summed E-state index contributed by atoms with van der Waals surface area (Å²) in [6.45, 7) is 8.01. The van der Waals surface area contributed by atoms with Crippen LogP contribution in [0, 0.1) is 6.92 Å². The number of nitrogens with zero attached hydrogens (tertiary/aromatic N) is 3. The molecule has 2 aromatic heterocycles. The Morgan fingerprint density at radius 3 is 2.74 bits per heavy atom. The molecule has 160 valence electrons. The number of benzene rings is 1. The fourth-order valence-electron chi connectivity index (χ4n) is 3.67. The van der Waals surface area contributed by atoms with Crippen LogP contribution >= 0.6 is 0 Å². The third-order valence-corrected chi connectivity index (χ3v) is 5.05. The number of carbonyl (C=O) groups excluding carboxylic acids is 1. The Labute approximate surface area is 178 Å². The smallest absolute Gasteiger partial charge is 0.264 e. The standard InChI is InChI=1S/C22H23N5O4/c1-12(2)11-31-16-6-5-14(9-17(16)30-4)15-10-20(29)23-22-21(15)13(3)26-27(22)18-7-8-19(28)25-24-18/h5-9,15H,1,10-11H2,2-4H3,(H,23,29)(H,25,28). The number of hydrogen-bond acceptors (Lipinski definition) is 6. The van der Waals surface area contributed by atoms with Crippen molar-refractivity contribution < 1.29 is 14.3 Å². The number of rotatable bonds is 6. The minimum absolute atomic E-state index is 0.135. The summed E-state index contributed by atoms with van der Waals surface area (Å²) in [5, 5.41) is 13.9. The van der Waals surface area contributed by atoms with Crippen molar-refractivity contribution in [3.8, 4) is 17.3 Å². The molecule has 4 rings (SSSR count). The molecule has 1 aromatic carbocycles. The molecule has 1 unspecified atom stereocenters. The number of fused-ring (bicyclic) bond motifs is 1. The highest BCUT2D eigenvalue weighted by atomic mass is 16.5. The number of carbonyl (C=O) groups is 1. The molecular formula is C22H23N5O4. The van der Waals surface area contributed by atoms with Crippen LogP contribution in [0.2, 0.25) is 0 Å². The highest BCUT2D eigenvalue weighted by Gasteiger charge is 2.33. The maximum Gasteiger partial charge on any atom is 0.264 e. The predicted octanol–water partition coefficient (Wildman–Crippen LogP) is 2.70. The van der Waals surface area contributed by atoms with E-state index >= 15 is 0 Å². The molecule has 1 amide bonds. The van der Waals surface area contributed by atoms with Crippen molar-refractivity contribution in [1.82, 2.24) is 20.0 Å². The summed E-state index contributed by atoms with van der Waals surface area (Å²) >= 11 is 0. The van der Waals surface area contributed by atoms with Crippen LogP contribution in [0.5, 0.6) is 11.5 Å². The summed E-state index contributed by atoms with van der Waals surface area (Å²) in [5.41, 5.74) is 3.15. The first-order valence-corrected chi connectivity index (χ1v) is 9.78. The van der Waals surface area contributed by atoms with Crippen molar-refractivity contribution >= 4 is 11.7 Å². The molecule has 3 aromatic rings. The van der Waals surface area contributed by atoms with Gasteiger partial charge in [-0.05, 0) is 43.2 Å². The van der Waals surface area contributed by atoms with Crippen LogP contribution in [0.4, 0.5) is 5.82 Å². The number of aromatic nitrogens is 4. The van der Waals surface area contributed by atoms with E-state index in [0.717, 1.165) is 22.4 Å². The molecule has 1 aliphatic heterocycles. The molecule has 0 aliphatic carbocycles. The molecule has 0 fully saturated rings. The van der Waals surface area contributed by atoms with Gasteiger partial charge in [0.05, 0.1) is 12.8 Å². The molecule has 9 nitrogen and oxygen atoms in total. The Kier molecular flexibility index (Phi) is 5.33. The van der Waals surface area contributed by atoms with Crippen molar-refractivity contribution in [1.29, 1.82) is 0 Å². The van der Waals surface area contributed by atoms with Gasteiger partial charge in [-0.25, -0.2) is 5.10 Å².